The summed E-state index contributed by atoms with van der Waals surface area (Å²) in [5, 5.41) is 2.37. The Bertz CT molecular complexity index is 1130. The summed E-state index contributed by atoms with van der Waals surface area (Å²) in [6.45, 7) is 13.5. The van der Waals surface area contributed by atoms with E-state index in [-0.39, 0.29) is 10.8 Å². The van der Waals surface area contributed by atoms with E-state index in [4.69, 9.17) is 4.42 Å². The molecule has 0 unspecified atom stereocenters. The van der Waals surface area contributed by atoms with Crippen LogP contribution in [0.25, 0.3) is 33.1 Å². The first-order valence-electron chi connectivity index (χ1n) is 9.71. The van der Waals surface area contributed by atoms with Crippen LogP contribution in [0.1, 0.15) is 52.7 Å². The van der Waals surface area contributed by atoms with Crippen LogP contribution in [-0.4, -0.2) is 0 Å². The van der Waals surface area contributed by atoms with Crippen LogP contribution >= 0.6 is 0 Å². The molecule has 0 spiro atoms. The van der Waals surface area contributed by atoms with E-state index < -0.39 is 0 Å². The minimum atomic E-state index is 0.117. The second-order valence-corrected chi connectivity index (χ2v) is 9.60. The van der Waals surface area contributed by atoms with Crippen LogP contribution in [0, 0.1) is 0 Å². The average molecular weight is 357 g/mol. The van der Waals surface area contributed by atoms with Gasteiger partial charge < -0.3 is 4.42 Å². The van der Waals surface area contributed by atoms with Gasteiger partial charge in [0.1, 0.15) is 11.2 Å². The molecule has 0 aliphatic heterocycles. The van der Waals surface area contributed by atoms with E-state index in [0.29, 0.717) is 0 Å². The van der Waals surface area contributed by atoms with Gasteiger partial charge in [-0.25, -0.2) is 0 Å². The normalized spacial score (nSPS) is 12.8. The van der Waals surface area contributed by atoms with E-state index in [1.54, 1.807) is 0 Å². The Morgan fingerprint density at radius 2 is 1.22 bits per heavy atom. The largest absolute Gasteiger partial charge is 0.456 e. The van der Waals surface area contributed by atoms with E-state index in [1.807, 2.05) is 0 Å². The summed E-state index contributed by atoms with van der Waals surface area (Å²) in [7, 11) is 0. The fourth-order valence-corrected chi connectivity index (χ4v) is 3.59. The quantitative estimate of drug-likeness (QED) is 0.338. The molecule has 0 saturated carbocycles. The Morgan fingerprint density at radius 3 is 1.93 bits per heavy atom. The molecule has 3 aromatic carbocycles. The summed E-state index contributed by atoms with van der Waals surface area (Å²) in [6.07, 6.45) is 0. The maximum atomic E-state index is 6.16. The lowest BCUT2D eigenvalue weighted by Gasteiger charge is -2.19. The number of rotatable bonds is 1. The molecule has 1 nitrogen and oxygen atoms in total. The maximum Gasteiger partial charge on any atom is 0.135 e. The molecular weight excluding hydrogens is 328 g/mol. The van der Waals surface area contributed by atoms with Gasteiger partial charge in [0.15, 0.2) is 0 Å². The molecule has 0 aliphatic carbocycles. The highest BCUT2D eigenvalue weighted by atomic mass is 16.3. The van der Waals surface area contributed by atoms with E-state index in [2.05, 4.69) is 102 Å². The number of fused-ring (bicyclic) bond motifs is 3. The highest BCUT2D eigenvalue weighted by Crippen LogP contribution is 2.35. The van der Waals surface area contributed by atoms with Gasteiger partial charge in [-0.05, 0) is 51.3 Å². The molecule has 0 aliphatic rings. The van der Waals surface area contributed by atoms with Crippen LogP contribution in [0.15, 0.2) is 65.1 Å². The molecule has 0 fully saturated rings. The van der Waals surface area contributed by atoms with Crippen molar-refractivity contribution in [2.45, 2.75) is 52.4 Å². The summed E-state index contributed by atoms with van der Waals surface area (Å²) in [5.41, 5.74) is 7.32. The van der Waals surface area contributed by atoms with E-state index in [9.17, 15) is 0 Å². The van der Waals surface area contributed by atoms with E-state index in [0.717, 1.165) is 11.2 Å². The predicted molar refractivity (Wildman–Crippen MR) is 117 cm³/mol. The van der Waals surface area contributed by atoms with Crippen LogP contribution in [0.5, 0.6) is 0 Å². The molecule has 0 bridgehead atoms. The molecule has 0 radical (unpaired) electrons. The summed E-state index contributed by atoms with van der Waals surface area (Å²) in [4.78, 5) is 0. The first-order chi connectivity index (χ1) is 12.6. The molecule has 0 atom stereocenters. The van der Waals surface area contributed by atoms with Gasteiger partial charge in [-0.1, -0.05) is 84.0 Å². The lowest BCUT2D eigenvalue weighted by Crippen LogP contribution is -2.10. The van der Waals surface area contributed by atoms with Gasteiger partial charge in [-0.3, -0.25) is 0 Å². The van der Waals surface area contributed by atoms with Crippen molar-refractivity contribution in [2.24, 2.45) is 0 Å². The van der Waals surface area contributed by atoms with Gasteiger partial charge in [-0.15, -0.1) is 0 Å². The molecule has 4 aromatic rings. The van der Waals surface area contributed by atoms with E-state index >= 15 is 0 Å². The molecule has 138 valence electrons. The SMILES string of the molecule is CC(C)(C)c1cccc(-c2ccc3oc4cc(C(C)(C)C)ccc4c3c2)c1. The minimum Gasteiger partial charge on any atom is -0.456 e. The van der Waals surface area contributed by atoms with Crippen molar-refractivity contribution in [3.8, 4) is 11.1 Å². The third kappa shape index (κ3) is 3.27. The Kier molecular flexibility index (Phi) is 3.96. The first kappa shape index (κ1) is 17.9. The van der Waals surface area contributed by atoms with Crippen molar-refractivity contribution >= 4 is 21.9 Å². The molecule has 1 aromatic heterocycles. The molecule has 1 heterocycles. The van der Waals surface area contributed by atoms with Gasteiger partial charge in [0, 0.05) is 10.8 Å². The highest BCUT2D eigenvalue weighted by molar-refractivity contribution is 6.06. The summed E-state index contributed by atoms with van der Waals surface area (Å²) in [6, 6.07) is 22.0. The Hall–Kier alpha value is -2.54. The van der Waals surface area contributed by atoms with Gasteiger partial charge in [-0.2, -0.15) is 0 Å². The number of furan rings is 1. The topological polar surface area (TPSA) is 13.1 Å². The van der Waals surface area contributed by atoms with Crippen molar-refractivity contribution in [2.75, 3.05) is 0 Å². The zero-order valence-corrected chi connectivity index (χ0v) is 17.2. The predicted octanol–water partition coefficient (Wildman–Crippen LogP) is 7.85. The maximum absolute atomic E-state index is 6.16. The van der Waals surface area contributed by atoms with Gasteiger partial charge >= 0.3 is 0 Å². The third-order valence-corrected chi connectivity index (χ3v) is 5.40. The first-order valence-corrected chi connectivity index (χ1v) is 9.71. The number of benzene rings is 3. The fraction of sp³-hybridized carbons (Fsp3) is 0.308. The van der Waals surface area contributed by atoms with Crippen LogP contribution in [0.3, 0.4) is 0 Å². The Balaban J connectivity index is 1.86. The van der Waals surface area contributed by atoms with Crippen LogP contribution in [-0.2, 0) is 10.8 Å². The monoisotopic (exact) mass is 356 g/mol. The molecule has 27 heavy (non-hydrogen) atoms. The molecule has 0 amide bonds. The lowest BCUT2D eigenvalue weighted by molar-refractivity contribution is 0.587. The standard InChI is InChI=1S/C26H28O/c1-25(2,3)19-9-7-8-17(14-19)18-10-13-23-22(15-18)21-12-11-20(26(4,5)6)16-24(21)27-23/h7-16H,1-6H3. The second-order valence-electron chi connectivity index (χ2n) is 9.60. The third-order valence-electron chi connectivity index (χ3n) is 5.40. The summed E-state index contributed by atoms with van der Waals surface area (Å²) >= 11 is 0. The van der Waals surface area contributed by atoms with Crippen molar-refractivity contribution in [1.29, 1.82) is 0 Å². The molecule has 1 heteroatoms. The van der Waals surface area contributed by atoms with Crippen molar-refractivity contribution in [3.05, 3.63) is 71.8 Å². The Morgan fingerprint density at radius 1 is 0.556 bits per heavy atom. The van der Waals surface area contributed by atoms with Crippen molar-refractivity contribution in [1.82, 2.24) is 0 Å². The van der Waals surface area contributed by atoms with Crippen LogP contribution < -0.4 is 0 Å². The van der Waals surface area contributed by atoms with Gasteiger partial charge in [0.05, 0.1) is 0 Å². The van der Waals surface area contributed by atoms with Gasteiger partial charge in [0.25, 0.3) is 0 Å². The van der Waals surface area contributed by atoms with Crippen LogP contribution in [0.4, 0.5) is 0 Å². The summed E-state index contributed by atoms with van der Waals surface area (Å²) in [5.74, 6) is 0. The number of hydrogen-bond donors (Lipinski definition) is 0. The molecular formula is C26H28O. The fourth-order valence-electron chi connectivity index (χ4n) is 3.59. The highest BCUT2D eigenvalue weighted by Gasteiger charge is 2.17. The van der Waals surface area contributed by atoms with E-state index in [1.165, 1.54) is 33.0 Å². The molecule has 0 saturated heterocycles. The second kappa shape index (κ2) is 5.99. The smallest absolute Gasteiger partial charge is 0.135 e. The lowest BCUT2D eigenvalue weighted by atomic mass is 9.85. The minimum absolute atomic E-state index is 0.117. The molecule has 4 rings (SSSR count). The van der Waals surface area contributed by atoms with Gasteiger partial charge in [0.2, 0.25) is 0 Å². The molecule has 0 N–H and O–H groups in total. The van der Waals surface area contributed by atoms with Crippen molar-refractivity contribution < 1.29 is 4.42 Å². The number of hydrogen-bond acceptors (Lipinski definition) is 1. The summed E-state index contributed by atoms with van der Waals surface area (Å²) < 4.78 is 6.16. The van der Waals surface area contributed by atoms with Crippen molar-refractivity contribution in [3.63, 3.8) is 0 Å². The average Bonchev–Trinajstić information content (AvgIpc) is 2.97. The zero-order valence-electron chi connectivity index (χ0n) is 17.2. The van der Waals surface area contributed by atoms with Crippen LogP contribution in [0.2, 0.25) is 0 Å². The zero-order chi connectivity index (χ0) is 19.4. The Labute approximate surface area is 162 Å².